The van der Waals surface area contributed by atoms with E-state index in [0.717, 1.165) is 18.4 Å². The Kier molecular flexibility index (Phi) is 6.56. The van der Waals surface area contributed by atoms with Crippen LogP contribution in [0.15, 0.2) is 77.7 Å². The third kappa shape index (κ3) is 5.55. The zero-order chi connectivity index (χ0) is 24.3. The maximum absolute atomic E-state index is 12.9. The highest BCUT2D eigenvalue weighted by Crippen LogP contribution is 2.23. The Morgan fingerprint density at radius 2 is 1.38 bits per heavy atom. The lowest BCUT2D eigenvalue weighted by Gasteiger charge is -2.20. The summed E-state index contributed by atoms with van der Waals surface area (Å²) in [5.74, 6) is -0.331. The summed E-state index contributed by atoms with van der Waals surface area (Å²) in [6, 6.07) is 19.8. The fraction of sp³-hybridized carbons (Fsp3) is 0.200. The van der Waals surface area contributed by atoms with Gasteiger partial charge in [-0.2, -0.15) is 0 Å². The van der Waals surface area contributed by atoms with Crippen LogP contribution in [-0.2, 0) is 10.0 Å². The molecule has 34 heavy (non-hydrogen) atoms. The number of carbonyl (C=O) groups is 2. The monoisotopic (exact) mass is 478 g/mol. The second-order valence-corrected chi connectivity index (χ2v) is 10.2. The van der Waals surface area contributed by atoms with Crippen LogP contribution in [0.2, 0.25) is 0 Å². The summed E-state index contributed by atoms with van der Waals surface area (Å²) < 4.78 is 26.9. The normalized spacial score (nSPS) is 13.1. The smallest absolute Gasteiger partial charge is 0.319 e. The lowest BCUT2D eigenvalue weighted by molar-refractivity contribution is 0.102. The molecule has 1 aliphatic carbocycles. The van der Waals surface area contributed by atoms with Crippen molar-refractivity contribution in [3.8, 4) is 0 Å². The lowest BCUT2D eigenvalue weighted by atomic mass is 10.2. The van der Waals surface area contributed by atoms with E-state index in [0.29, 0.717) is 22.6 Å². The predicted octanol–water partition coefficient (Wildman–Crippen LogP) is 4.36. The van der Waals surface area contributed by atoms with E-state index in [-0.39, 0.29) is 22.9 Å². The zero-order valence-electron chi connectivity index (χ0n) is 18.9. The Labute approximate surface area is 199 Å². The number of benzene rings is 3. The first-order chi connectivity index (χ1) is 16.2. The van der Waals surface area contributed by atoms with Crippen molar-refractivity contribution in [2.24, 2.45) is 0 Å². The molecule has 1 aliphatic rings. The molecule has 3 amide bonds. The van der Waals surface area contributed by atoms with Gasteiger partial charge < -0.3 is 16.0 Å². The van der Waals surface area contributed by atoms with Gasteiger partial charge in [0.15, 0.2) is 0 Å². The van der Waals surface area contributed by atoms with Gasteiger partial charge in [-0.05, 0) is 80.4 Å². The van der Waals surface area contributed by atoms with Crippen molar-refractivity contribution < 1.29 is 18.0 Å². The summed E-state index contributed by atoms with van der Waals surface area (Å²) in [6.45, 7) is 1.89. The number of hydrogen-bond donors (Lipinski definition) is 3. The van der Waals surface area contributed by atoms with Crippen LogP contribution >= 0.6 is 0 Å². The molecule has 3 aromatic rings. The molecule has 0 aromatic heterocycles. The summed E-state index contributed by atoms with van der Waals surface area (Å²) in [5, 5.41) is 8.39. The van der Waals surface area contributed by atoms with Gasteiger partial charge in [-0.3, -0.25) is 9.10 Å². The van der Waals surface area contributed by atoms with Gasteiger partial charge in [-0.25, -0.2) is 13.2 Å². The molecule has 3 aromatic carbocycles. The first kappa shape index (κ1) is 23.3. The molecule has 0 aliphatic heterocycles. The second kappa shape index (κ2) is 9.56. The van der Waals surface area contributed by atoms with Crippen molar-refractivity contribution in [1.29, 1.82) is 0 Å². The van der Waals surface area contributed by atoms with Crippen molar-refractivity contribution in [2.75, 3.05) is 22.0 Å². The van der Waals surface area contributed by atoms with E-state index in [2.05, 4.69) is 16.0 Å². The van der Waals surface area contributed by atoms with Gasteiger partial charge in [0.25, 0.3) is 15.9 Å². The number of nitrogens with one attached hydrogen (secondary N) is 3. The average molecular weight is 479 g/mol. The van der Waals surface area contributed by atoms with Crippen molar-refractivity contribution in [2.45, 2.75) is 30.7 Å². The van der Waals surface area contributed by atoms with Crippen LogP contribution < -0.4 is 20.3 Å². The van der Waals surface area contributed by atoms with Crippen LogP contribution in [0.1, 0.15) is 28.8 Å². The number of anilines is 3. The third-order valence-electron chi connectivity index (χ3n) is 5.49. The van der Waals surface area contributed by atoms with E-state index in [4.69, 9.17) is 0 Å². The Bertz CT molecular complexity index is 1280. The van der Waals surface area contributed by atoms with Gasteiger partial charge in [0, 0.05) is 30.0 Å². The van der Waals surface area contributed by atoms with E-state index < -0.39 is 10.0 Å². The number of amides is 3. The molecule has 1 saturated carbocycles. The molecule has 4 rings (SSSR count). The van der Waals surface area contributed by atoms with E-state index in [1.807, 2.05) is 6.92 Å². The fourth-order valence-corrected chi connectivity index (χ4v) is 4.45. The zero-order valence-corrected chi connectivity index (χ0v) is 19.7. The first-order valence-corrected chi connectivity index (χ1v) is 12.3. The number of nitrogens with zero attached hydrogens (tertiary/aromatic N) is 1. The van der Waals surface area contributed by atoms with Crippen molar-refractivity contribution in [1.82, 2.24) is 5.32 Å². The molecule has 0 saturated heterocycles. The molecule has 0 bridgehead atoms. The minimum absolute atomic E-state index is 0.199. The Morgan fingerprint density at radius 1 is 0.824 bits per heavy atom. The topological polar surface area (TPSA) is 108 Å². The standard InChI is InChI=1S/C25H26N4O4S/c1-17-3-15-23(16-4-17)34(32,33)29(2)22-13-5-18(6-14-22)24(30)26-19-7-9-20(10-8-19)27-25(31)28-21-11-12-21/h3-10,13-16,21H,11-12H2,1-2H3,(H,26,30)(H2,27,28,31). The highest BCUT2D eigenvalue weighted by atomic mass is 32.2. The average Bonchev–Trinajstić information content (AvgIpc) is 3.64. The van der Waals surface area contributed by atoms with Crippen LogP contribution in [0.3, 0.4) is 0 Å². The quantitative estimate of drug-likeness (QED) is 0.469. The number of sulfonamides is 1. The van der Waals surface area contributed by atoms with Crippen molar-refractivity contribution >= 4 is 39.0 Å². The summed E-state index contributed by atoms with van der Waals surface area (Å²) in [7, 11) is -2.23. The van der Waals surface area contributed by atoms with Crippen LogP contribution in [0.4, 0.5) is 21.9 Å². The molecule has 3 N–H and O–H groups in total. The molecule has 1 fully saturated rings. The molecule has 0 radical (unpaired) electrons. The SMILES string of the molecule is Cc1ccc(S(=O)(=O)N(C)c2ccc(C(=O)Nc3ccc(NC(=O)NC4CC4)cc3)cc2)cc1. The molecule has 8 nitrogen and oxygen atoms in total. The molecule has 176 valence electrons. The molecular formula is C25H26N4O4S. The van der Waals surface area contributed by atoms with Crippen LogP contribution in [0.5, 0.6) is 0 Å². The minimum Gasteiger partial charge on any atom is -0.335 e. The van der Waals surface area contributed by atoms with Crippen LogP contribution in [0.25, 0.3) is 0 Å². The number of hydrogen-bond acceptors (Lipinski definition) is 4. The first-order valence-electron chi connectivity index (χ1n) is 10.9. The molecule has 0 spiro atoms. The van der Waals surface area contributed by atoms with Gasteiger partial charge in [-0.1, -0.05) is 17.7 Å². The van der Waals surface area contributed by atoms with Crippen LogP contribution in [0, 0.1) is 6.92 Å². The largest absolute Gasteiger partial charge is 0.335 e. The highest BCUT2D eigenvalue weighted by molar-refractivity contribution is 7.92. The lowest BCUT2D eigenvalue weighted by Crippen LogP contribution is -2.30. The van der Waals surface area contributed by atoms with Gasteiger partial charge in [-0.15, -0.1) is 0 Å². The molecule has 9 heteroatoms. The van der Waals surface area contributed by atoms with E-state index in [9.17, 15) is 18.0 Å². The maximum atomic E-state index is 12.9. The molecule has 0 heterocycles. The van der Waals surface area contributed by atoms with Crippen molar-refractivity contribution in [3.05, 3.63) is 83.9 Å². The van der Waals surface area contributed by atoms with Gasteiger partial charge in [0.05, 0.1) is 10.6 Å². The maximum Gasteiger partial charge on any atom is 0.319 e. The number of carbonyl (C=O) groups excluding carboxylic acids is 2. The Balaban J connectivity index is 1.38. The molecule has 0 atom stereocenters. The van der Waals surface area contributed by atoms with Gasteiger partial charge in [0.1, 0.15) is 0 Å². The molecule has 0 unspecified atom stereocenters. The van der Waals surface area contributed by atoms with Gasteiger partial charge in [0.2, 0.25) is 0 Å². The predicted molar refractivity (Wildman–Crippen MR) is 133 cm³/mol. The summed E-state index contributed by atoms with van der Waals surface area (Å²) in [6.07, 6.45) is 2.02. The van der Waals surface area contributed by atoms with E-state index in [1.165, 1.54) is 11.4 Å². The number of aryl methyl sites for hydroxylation is 1. The van der Waals surface area contributed by atoms with Gasteiger partial charge >= 0.3 is 6.03 Å². The van der Waals surface area contributed by atoms with Crippen molar-refractivity contribution in [3.63, 3.8) is 0 Å². The summed E-state index contributed by atoms with van der Waals surface area (Å²) in [4.78, 5) is 24.6. The molecular weight excluding hydrogens is 452 g/mol. The third-order valence-corrected chi connectivity index (χ3v) is 7.29. The summed E-state index contributed by atoms with van der Waals surface area (Å²) in [5.41, 5.74) is 2.99. The Morgan fingerprint density at radius 3 is 1.94 bits per heavy atom. The fourth-order valence-electron chi connectivity index (χ4n) is 3.25. The second-order valence-electron chi connectivity index (χ2n) is 8.24. The van der Waals surface area contributed by atoms with E-state index >= 15 is 0 Å². The highest BCUT2D eigenvalue weighted by Gasteiger charge is 2.23. The number of rotatable bonds is 7. The number of urea groups is 1. The Hall–Kier alpha value is -3.85. The van der Waals surface area contributed by atoms with Crippen LogP contribution in [-0.4, -0.2) is 33.4 Å². The summed E-state index contributed by atoms with van der Waals surface area (Å²) >= 11 is 0. The minimum atomic E-state index is -3.71. The van der Waals surface area contributed by atoms with E-state index in [1.54, 1.807) is 72.8 Å².